The summed E-state index contributed by atoms with van der Waals surface area (Å²) >= 11 is 0. The molecule has 78 valence electrons. The molecule has 0 bridgehead atoms. The van der Waals surface area contributed by atoms with Crippen LogP contribution in [0.1, 0.15) is 19.3 Å². The number of hydrogen-bond acceptors (Lipinski definition) is 2. The van der Waals surface area contributed by atoms with E-state index in [-0.39, 0.29) is 17.0 Å². The minimum Gasteiger partial charge on any atom is -1.00 e. The molecule has 4 heteroatoms. The predicted octanol–water partition coefficient (Wildman–Crippen LogP) is -2.79. The number of halogens is 1. The lowest BCUT2D eigenvalue weighted by atomic mass is 10.3. The molecule has 0 aromatic rings. The number of quaternary nitrogens is 1. The first-order chi connectivity index (χ1) is 5.87. The van der Waals surface area contributed by atoms with E-state index < -0.39 is 0 Å². The molecule has 13 heavy (non-hydrogen) atoms. The third-order valence-corrected chi connectivity index (χ3v) is 3.31. The molecule has 2 fully saturated rings. The van der Waals surface area contributed by atoms with Gasteiger partial charge in [0.1, 0.15) is 0 Å². The van der Waals surface area contributed by atoms with Crippen LogP contribution in [0.25, 0.3) is 0 Å². The molecule has 0 atom stereocenters. The number of rotatable bonds is 3. The van der Waals surface area contributed by atoms with Gasteiger partial charge in [0.15, 0.2) is 0 Å². The summed E-state index contributed by atoms with van der Waals surface area (Å²) in [5.74, 6) is 0. The van der Waals surface area contributed by atoms with Crippen molar-refractivity contribution in [3.8, 4) is 0 Å². The largest absolute Gasteiger partial charge is 1.00 e. The van der Waals surface area contributed by atoms with Gasteiger partial charge in [-0.1, -0.05) is 0 Å². The smallest absolute Gasteiger partial charge is 0.0986 e. The average Bonchev–Trinajstić information content (AvgIpc) is 2.58. The second-order valence-electron chi connectivity index (χ2n) is 4.00. The van der Waals surface area contributed by atoms with E-state index in [1.54, 1.807) is 0 Å². The van der Waals surface area contributed by atoms with Gasteiger partial charge in [-0.3, -0.25) is 0 Å². The number of aliphatic hydroxyl groups excluding tert-OH is 1. The molecule has 0 aliphatic carbocycles. The molecule has 3 nitrogen and oxygen atoms in total. The van der Waals surface area contributed by atoms with Crippen molar-refractivity contribution < 1.29 is 26.7 Å². The van der Waals surface area contributed by atoms with Gasteiger partial charge in [-0.2, -0.15) is 5.01 Å². The van der Waals surface area contributed by atoms with Gasteiger partial charge in [0.05, 0.1) is 32.7 Å². The topological polar surface area (TPSA) is 23.5 Å². The van der Waals surface area contributed by atoms with Gasteiger partial charge < -0.3 is 22.1 Å². The van der Waals surface area contributed by atoms with E-state index >= 15 is 0 Å². The molecule has 0 aromatic heterocycles. The SMILES string of the molecule is OCCC[N+]12CCCN1CCC2.[Br-]. The minimum atomic E-state index is 0. The molecular formula is C9H19BrN2O. The second kappa shape index (κ2) is 4.73. The summed E-state index contributed by atoms with van der Waals surface area (Å²) in [7, 11) is 0. The lowest BCUT2D eigenvalue weighted by Gasteiger charge is -2.34. The van der Waals surface area contributed by atoms with Crippen LogP contribution in [0.2, 0.25) is 0 Å². The van der Waals surface area contributed by atoms with Gasteiger partial charge in [-0.05, 0) is 0 Å². The predicted molar refractivity (Wildman–Crippen MR) is 47.4 cm³/mol. The Morgan fingerprint density at radius 3 is 2.31 bits per heavy atom. The van der Waals surface area contributed by atoms with E-state index in [2.05, 4.69) is 5.01 Å². The molecule has 0 saturated carbocycles. The third-order valence-electron chi connectivity index (χ3n) is 3.31. The van der Waals surface area contributed by atoms with E-state index in [4.69, 9.17) is 5.11 Å². The fourth-order valence-corrected chi connectivity index (χ4v) is 2.76. The van der Waals surface area contributed by atoms with Crippen molar-refractivity contribution in [3.63, 3.8) is 0 Å². The van der Waals surface area contributed by atoms with Crippen molar-refractivity contribution >= 4 is 0 Å². The first kappa shape index (κ1) is 11.4. The van der Waals surface area contributed by atoms with Crippen molar-refractivity contribution in [2.75, 3.05) is 39.3 Å². The highest BCUT2D eigenvalue weighted by Crippen LogP contribution is 2.28. The molecule has 2 rings (SSSR count). The highest BCUT2D eigenvalue weighted by Gasteiger charge is 2.43. The highest BCUT2D eigenvalue weighted by atomic mass is 79.9. The van der Waals surface area contributed by atoms with Crippen molar-refractivity contribution in [2.45, 2.75) is 19.3 Å². The second-order valence-corrected chi connectivity index (χ2v) is 4.00. The van der Waals surface area contributed by atoms with Crippen LogP contribution in [-0.2, 0) is 0 Å². The molecule has 0 aromatic carbocycles. The Labute approximate surface area is 90.7 Å². The number of nitrogens with zero attached hydrogens (tertiary/aromatic N) is 2. The summed E-state index contributed by atoms with van der Waals surface area (Å²) in [5.41, 5.74) is 0. The summed E-state index contributed by atoms with van der Waals surface area (Å²) < 4.78 is 1.20. The first-order valence-electron chi connectivity index (χ1n) is 5.10. The van der Waals surface area contributed by atoms with Crippen LogP contribution in [0.4, 0.5) is 0 Å². The van der Waals surface area contributed by atoms with E-state index in [1.165, 1.54) is 43.6 Å². The van der Waals surface area contributed by atoms with Crippen molar-refractivity contribution in [3.05, 3.63) is 0 Å². The van der Waals surface area contributed by atoms with E-state index in [0.29, 0.717) is 6.61 Å². The fourth-order valence-electron chi connectivity index (χ4n) is 2.76. The number of hydrogen-bond donors (Lipinski definition) is 1. The summed E-state index contributed by atoms with van der Waals surface area (Å²) in [6, 6.07) is 0. The van der Waals surface area contributed by atoms with Gasteiger partial charge in [0.25, 0.3) is 0 Å². The maximum absolute atomic E-state index is 8.81. The van der Waals surface area contributed by atoms with Gasteiger partial charge >= 0.3 is 0 Å². The van der Waals surface area contributed by atoms with Gasteiger partial charge in [0, 0.05) is 25.9 Å². The Morgan fingerprint density at radius 1 is 1.15 bits per heavy atom. The van der Waals surface area contributed by atoms with E-state index in [9.17, 15) is 0 Å². The molecule has 2 heterocycles. The Morgan fingerprint density at radius 2 is 1.77 bits per heavy atom. The normalized spacial score (nSPS) is 25.6. The lowest BCUT2D eigenvalue weighted by Crippen LogP contribution is -3.00. The van der Waals surface area contributed by atoms with Gasteiger partial charge in [0.2, 0.25) is 0 Å². The quantitative estimate of drug-likeness (QED) is 0.548. The molecule has 0 radical (unpaired) electrons. The maximum atomic E-state index is 8.81. The zero-order valence-electron chi connectivity index (χ0n) is 8.08. The molecule has 2 aliphatic heterocycles. The molecule has 0 spiro atoms. The Balaban J connectivity index is 0.000000845. The molecular weight excluding hydrogens is 232 g/mol. The summed E-state index contributed by atoms with van der Waals surface area (Å²) in [6.07, 6.45) is 3.67. The molecule has 0 unspecified atom stereocenters. The average molecular weight is 251 g/mol. The van der Waals surface area contributed by atoms with E-state index in [1.807, 2.05) is 0 Å². The Kier molecular flexibility index (Phi) is 4.16. The van der Waals surface area contributed by atoms with Crippen LogP contribution in [0, 0.1) is 0 Å². The fraction of sp³-hybridized carbons (Fsp3) is 1.00. The third kappa shape index (κ3) is 2.06. The van der Waals surface area contributed by atoms with E-state index in [0.717, 1.165) is 13.0 Å². The summed E-state index contributed by atoms with van der Waals surface area (Å²) in [6.45, 7) is 6.72. The minimum absolute atomic E-state index is 0. The zero-order chi connectivity index (χ0) is 8.44. The van der Waals surface area contributed by atoms with Crippen LogP contribution >= 0.6 is 0 Å². The molecule has 2 saturated heterocycles. The van der Waals surface area contributed by atoms with Crippen molar-refractivity contribution in [2.24, 2.45) is 0 Å². The molecule has 0 amide bonds. The van der Waals surface area contributed by atoms with Crippen molar-refractivity contribution in [1.29, 1.82) is 0 Å². The maximum Gasteiger partial charge on any atom is 0.0986 e. The van der Waals surface area contributed by atoms with Crippen LogP contribution in [0.15, 0.2) is 0 Å². The zero-order valence-corrected chi connectivity index (χ0v) is 9.67. The monoisotopic (exact) mass is 250 g/mol. The van der Waals surface area contributed by atoms with Gasteiger partial charge in [-0.15, -0.1) is 0 Å². The standard InChI is InChI=1S/C9H19N2O.BrH/c12-9-3-8-11-6-1-4-10(11)5-2-7-11;/h12H,1-9H2;1H/q+1;/p-1. The molecule has 2 aliphatic rings. The Bertz CT molecular complexity index is 156. The summed E-state index contributed by atoms with van der Waals surface area (Å²) in [4.78, 5) is 0. The lowest BCUT2D eigenvalue weighted by molar-refractivity contribution is -1.01. The summed E-state index contributed by atoms with van der Waals surface area (Å²) in [5, 5.41) is 11.4. The molecule has 1 N–H and O–H groups in total. The van der Waals surface area contributed by atoms with Crippen LogP contribution in [0.5, 0.6) is 0 Å². The first-order valence-corrected chi connectivity index (χ1v) is 5.10. The van der Waals surface area contributed by atoms with Gasteiger partial charge in [-0.25, -0.2) is 4.59 Å². The van der Waals surface area contributed by atoms with Crippen LogP contribution < -0.4 is 17.0 Å². The number of aliphatic hydroxyl groups is 1. The highest BCUT2D eigenvalue weighted by molar-refractivity contribution is 4.64. The van der Waals surface area contributed by atoms with Crippen LogP contribution in [-0.4, -0.2) is 54.0 Å². The van der Waals surface area contributed by atoms with Crippen LogP contribution in [0.3, 0.4) is 0 Å². The number of fused-ring (bicyclic) bond motifs is 1. The van der Waals surface area contributed by atoms with Crippen molar-refractivity contribution in [1.82, 2.24) is 5.01 Å². The Hall–Kier alpha value is 0.360.